The van der Waals surface area contributed by atoms with Crippen LogP contribution < -0.4 is 5.73 Å². The fraction of sp³-hybridized carbons (Fsp3) is 0.500. The number of carbonyl (C=O) groups is 1. The molecule has 0 saturated carbocycles. The molecule has 0 spiro atoms. The molecule has 1 rings (SSSR count). The summed E-state index contributed by atoms with van der Waals surface area (Å²) in [6.45, 7) is 1.93. The van der Waals surface area contributed by atoms with Crippen molar-refractivity contribution >= 4 is 5.91 Å². The number of primary amides is 1. The molecule has 0 aliphatic carbocycles. The summed E-state index contributed by atoms with van der Waals surface area (Å²) in [5, 5.41) is 0. The molecular formula is C12H18FN3O. The van der Waals surface area contributed by atoms with Gasteiger partial charge < -0.3 is 5.73 Å². The van der Waals surface area contributed by atoms with Crippen molar-refractivity contribution in [2.75, 3.05) is 14.1 Å². The summed E-state index contributed by atoms with van der Waals surface area (Å²) in [6.07, 6.45) is 3.76. The number of nitrogens with zero attached hydrogens (tertiary/aromatic N) is 2. The van der Waals surface area contributed by atoms with E-state index in [-0.39, 0.29) is 5.56 Å². The van der Waals surface area contributed by atoms with Crippen LogP contribution in [0.1, 0.15) is 25.3 Å². The second-order valence-electron chi connectivity index (χ2n) is 4.22. The summed E-state index contributed by atoms with van der Waals surface area (Å²) in [5.74, 6) is -1.05. The Hall–Kier alpha value is -1.49. The van der Waals surface area contributed by atoms with E-state index in [9.17, 15) is 9.18 Å². The highest BCUT2D eigenvalue weighted by Gasteiger charge is 2.42. The lowest BCUT2D eigenvalue weighted by atomic mass is 9.84. The average Bonchev–Trinajstić information content (AvgIpc) is 2.26. The summed E-state index contributed by atoms with van der Waals surface area (Å²) in [5.41, 5.74) is 4.67. The van der Waals surface area contributed by atoms with Crippen LogP contribution in [-0.2, 0) is 10.3 Å². The van der Waals surface area contributed by atoms with Crippen molar-refractivity contribution in [2.45, 2.75) is 25.3 Å². The molecule has 4 nitrogen and oxygen atoms in total. The van der Waals surface area contributed by atoms with E-state index in [4.69, 9.17) is 5.73 Å². The van der Waals surface area contributed by atoms with Crippen LogP contribution in [0.15, 0.2) is 18.5 Å². The van der Waals surface area contributed by atoms with E-state index in [1.807, 2.05) is 6.92 Å². The van der Waals surface area contributed by atoms with E-state index in [1.54, 1.807) is 19.0 Å². The van der Waals surface area contributed by atoms with Crippen LogP contribution in [0.5, 0.6) is 0 Å². The number of likely N-dealkylation sites (N-methyl/N-ethyl adjacent to an activating group) is 1. The van der Waals surface area contributed by atoms with Gasteiger partial charge in [-0.3, -0.25) is 14.7 Å². The van der Waals surface area contributed by atoms with Gasteiger partial charge in [-0.15, -0.1) is 0 Å². The zero-order valence-corrected chi connectivity index (χ0v) is 10.4. The summed E-state index contributed by atoms with van der Waals surface area (Å²) in [4.78, 5) is 17.2. The Kier molecular flexibility index (Phi) is 4.17. The van der Waals surface area contributed by atoms with Crippen LogP contribution in [0.25, 0.3) is 0 Å². The quantitative estimate of drug-likeness (QED) is 0.841. The normalized spacial score (nSPS) is 14.6. The Morgan fingerprint density at radius 3 is 2.65 bits per heavy atom. The van der Waals surface area contributed by atoms with Crippen LogP contribution in [0, 0.1) is 5.82 Å². The maximum absolute atomic E-state index is 13.8. The van der Waals surface area contributed by atoms with Gasteiger partial charge in [-0.1, -0.05) is 13.3 Å². The molecule has 1 unspecified atom stereocenters. The van der Waals surface area contributed by atoms with Crippen LogP contribution in [0.2, 0.25) is 0 Å². The molecule has 17 heavy (non-hydrogen) atoms. The van der Waals surface area contributed by atoms with Crippen molar-refractivity contribution in [1.29, 1.82) is 0 Å². The first-order chi connectivity index (χ1) is 7.96. The molecule has 1 amide bonds. The number of hydrogen-bond acceptors (Lipinski definition) is 3. The van der Waals surface area contributed by atoms with Gasteiger partial charge >= 0.3 is 0 Å². The van der Waals surface area contributed by atoms with Crippen LogP contribution in [0.4, 0.5) is 4.39 Å². The minimum atomic E-state index is -1.11. The second kappa shape index (κ2) is 5.23. The molecule has 0 aromatic carbocycles. The highest BCUT2D eigenvalue weighted by Crippen LogP contribution is 2.32. The summed E-state index contributed by atoms with van der Waals surface area (Å²) in [7, 11) is 3.45. The lowest BCUT2D eigenvalue weighted by Gasteiger charge is -2.37. The Morgan fingerprint density at radius 2 is 2.24 bits per heavy atom. The lowest BCUT2D eigenvalue weighted by Crippen LogP contribution is -2.52. The van der Waals surface area contributed by atoms with Crippen molar-refractivity contribution in [3.8, 4) is 0 Å². The van der Waals surface area contributed by atoms with Gasteiger partial charge in [-0.2, -0.15) is 0 Å². The summed E-state index contributed by atoms with van der Waals surface area (Å²) >= 11 is 0. The Morgan fingerprint density at radius 1 is 1.59 bits per heavy atom. The number of hydrogen-bond donors (Lipinski definition) is 1. The second-order valence-corrected chi connectivity index (χ2v) is 4.22. The average molecular weight is 239 g/mol. The predicted octanol–water partition coefficient (Wildman–Crippen LogP) is 1.26. The molecule has 0 fully saturated rings. The number of carbonyl (C=O) groups excluding carboxylic acids is 1. The highest BCUT2D eigenvalue weighted by molar-refractivity contribution is 5.86. The van der Waals surface area contributed by atoms with Gasteiger partial charge in [0.2, 0.25) is 5.91 Å². The first-order valence-electron chi connectivity index (χ1n) is 5.54. The van der Waals surface area contributed by atoms with Crippen molar-refractivity contribution in [3.05, 3.63) is 29.8 Å². The van der Waals surface area contributed by atoms with E-state index in [2.05, 4.69) is 4.98 Å². The summed E-state index contributed by atoms with van der Waals surface area (Å²) in [6, 6.07) is 1.51. The molecule has 1 aromatic heterocycles. The molecule has 0 bridgehead atoms. The zero-order chi connectivity index (χ0) is 13.1. The standard InChI is InChI=1S/C12H18FN3O/c1-4-6-12(11(14)17,16(2)3)9-5-7-15-8-10(9)13/h5,7-8H,4,6H2,1-3H3,(H2,14,17). The molecule has 0 saturated heterocycles. The fourth-order valence-electron chi connectivity index (χ4n) is 2.15. The van der Waals surface area contributed by atoms with Gasteiger partial charge in [0.25, 0.3) is 0 Å². The smallest absolute Gasteiger partial charge is 0.242 e. The van der Waals surface area contributed by atoms with E-state index < -0.39 is 17.3 Å². The lowest BCUT2D eigenvalue weighted by molar-refractivity contribution is -0.130. The zero-order valence-electron chi connectivity index (χ0n) is 10.4. The van der Waals surface area contributed by atoms with Gasteiger partial charge in [0.15, 0.2) is 0 Å². The maximum atomic E-state index is 13.8. The molecule has 2 N–H and O–H groups in total. The minimum Gasteiger partial charge on any atom is -0.368 e. The molecule has 1 heterocycles. The molecule has 1 aromatic rings. The van der Waals surface area contributed by atoms with Crippen molar-refractivity contribution < 1.29 is 9.18 Å². The number of halogens is 1. The Balaban J connectivity index is 3.41. The van der Waals surface area contributed by atoms with Crippen LogP contribution >= 0.6 is 0 Å². The van der Waals surface area contributed by atoms with E-state index in [0.717, 1.165) is 12.6 Å². The molecule has 5 heteroatoms. The maximum Gasteiger partial charge on any atom is 0.242 e. The molecular weight excluding hydrogens is 221 g/mol. The number of rotatable bonds is 5. The van der Waals surface area contributed by atoms with Crippen LogP contribution in [0.3, 0.4) is 0 Å². The van der Waals surface area contributed by atoms with Gasteiger partial charge in [0, 0.05) is 11.8 Å². The third-order valence-electron chi connectivity index (χ3n) is 3.00. The predicted molar refractivity (Wildman–Crippen MR) is 63.7 cm³/mol. The topological polar surface area (TPSA) is 59.2 Å². The molecule has 94 valence electrons. The highest BCUT2D eigenvalue weighted by atomic mass is 19.1. The van der Waals surface area contributed by atoms with Crippen molar-refractivity contribution in [3.63, 3.8) is 0 Å². The minimum absolute atomic E-state index is 0.284. The van der Waals surface area contributed by atoms with E-state index in [0.29, 0.717) is 6.42 Å². The number of amides is 1. The van der Waals surface area contributed by atoms with Crippen LogP contribution in [-0.4, -0.2) is 29.9 Å². The number of pyridine rings is 1. The first-order valence-corrected chi connectivity index (χ1v) is 5.54. The van der Waals surface area contributed by atoms with Gasteiger partial charge in [0.05, 0.1) is 6.20 Å². The molecule has 0 radical (unpaired) electrons. The first kappa shape index (κ1) is 13.6. The number of aromatic nitrogens is 1. The van der Waals surface area contributed by atoms with Gasteiger partial charge in [-0.05, 0) is 26.6 Å². The third kappa shape index (κ3) is 2.29. The SMILES string of the molecule is CCCC(C(N)=O)(c1ccncc1F)N(C)C. The molecule has 1 atom stereocenters. The molecule has 0 aliphatic heterocycles. The molecule has 0 aliphatic rings. The van der Waals surface area contributed by atoms with E-state index >= 15 is 0 Å². The largest absolute Gasteiger partial charge is 0.368 e. The fourth-order valence-corrected chi connectivity index (χ4v) is 2.15. The van der Waals surface area contributed by atoms with Gasteiger partial charge in [0.1, 0.15) is 11.4 Å². The Bertz CT molecular complexity index is 408. The number of nitrogens with two attached hydrogens (primary N) is 1. The van der Waals surface area contributed by atoms with Crippen molar-refractivity contribution in [2.24, 2.45) is 5.73 Å². The monoisotopic (exact) mass is 239 g/mol. The van der Waals surface area contributed by atoms with Gasteiger partial charge in [-0.25, -0.2) is 4.39 Å². The summed E-state index contributed by atoms with van der Waals surface area (Å²) < 4.78 is 13.8. The van der Waals surface area contributed by atoms with Crippen molar-refractivity contribution in [1.82, 2.24) is 9.88 Å². The van der Waals surface area contributed by atoms with E-state index in [1.165, 1.54) is 12.3 Å². The third-order valence-corrected chi connectivity index (χ3v) is 3.00. The Labute approximate surface area is 101 Å².